The predicted octanol–water partition coefficient (Wildman–Crippen LogP) is 6.33. The molecule has 0 heterocycles. The Balaban J connectivity index is 1.44. The van der Waals surface area contributed by atoms with Crippen LogP contribution in [0.15, 0.2) is 43.0 Å². The van der Waals surface area contributed by atoms with Gasteiger partial charge >= 0.3 is 12.1 Å². The van der Waals surface area contributed by atoms with Crippen molar-refractivity contribution in [1.29, 1.82) is 0 Å². The molecule has 0 unspecified atom stereocenters. The van der Waals surface area contributed by atoms with Crippen LogP contribution >= 0.6 is 11.8 Å². The number of amides is 1. The van der Waals surface area contributed by atoms with Crippen LogP contribution in [0.2, 0.25) is 0 Å². The number of carbonyl (C=O) groups is 3. The zero-order chi connectivity index (χ0) is 30.9. The van der Waals surface area contributed by atoms with E-state index in [0.29, 0.717) is 19.4 Å². The molecule has 8 atom stereocenters. The molecule has 0 aromatic heterocycles. The number of aliphatic hydroxyl groups excluding tert-OH is 1. The normalized spacial score (nSPS) is 36.3. The molecule has 7 nitrogen and oxygen atoms in total. The average Bonchev–Trinajstić information content (AvgIpc) is 3.33. The average molecular weight is 600 g/mol. The summed E-state index contributed by atoms with van der Waals surface area (Å²) in [5.41, 5.74) is -0.595. The summed E-state index contributed by atoms with van der Waals surface area (Å²) in [7, 11) is 0. The number of thioether (sulfide) groups is 1. The van der Waals surface area contributed by atoms with Crippen molar-refractivity contribution in [3.05, 3.63) is 48.6 Å². The molecular weight excluding hydrogens is 550 g/mol. The fourth-order valence-electron chi connectivity index (χ4n) is 8.06. The van der Waals surface area contributed by atoms with Gasteiger partial charge in [-0.2, -0.15) is 0 Å². The molecule has 0 aliphatic heterocycles. The summed E-state index contributed by atoms with van der Waals surface area (Å²) in [4.78, 5) is 39.3. The van der Waals surface area contributed by atoms with E-state index in [2.05, 4.69) is 32.7 Å². The fraction of sp³-hybridized carbons (Fsp3) is 0.676. The zero-order valence-corrected chi connectivity index (χ0v) is 26.9. The number of hydrogen-bond donors (Lipinski definition) is 2. The Morgan fingerprint density at radius 1 is 1.19 bits per heavy atom. The lowest BCUT2D eigenvalue weighted by molar-refractivity contribution is -0.205. The predicted molar refractivity (Wildman–Crippen MR) is 166 cm³/mol. The number of carbonyl (C=O) groups excluding carboxylic acids is 3. The maximum absolute atomic E-state index is 13.6. The lowest BCUT2D eigenvalue weighted by Gasteiger charge is -2.61. The number of Topliss-reactive ketones (excluding diaryl/α,β-unsaturated/α-hetero) is 1. The highest BCUT2D eigenvalue weighted by Gasteiger charge is 2.68. The first-order valence-corrected chi connectivity index (χ1v) is 16.3. The van der Waals surface area contributed by atoms with Crippen LogP contribution in [0.5, 0.6) is 0 Å². The number of ketones is 1. The Morgan fingerprint density at radius 2 is 1.88 bits per heavy atom. The molecule has 3 aliphatic rings. The number of benzene rings is 1. The van der Waals surface area contributed by atoms with E-state index in [9.17, 15) is 19.5 Å². The zero-order valence-electron chi connectivity index (χ0n) is 26.1. The van der Waals surface area contributed by atoms with E-state index in [1.165, 1.54) is 11.8 Å². The Morgan fingerprint density at radius 3 is 2.55 bits per heavy atom. The maximum atomic E-state index is 13.6. The second-order valence-electron chi connectivity index (χ2n) is 14.0. The van der Waals surface area contributed by atoms with Gasteiger partial charge in [0.1, 0.15) is 18.5 Å². The van der Waals surface area contributed by atoms with Crippen molar-refractivity contribution in [3.8, 4) is 0 Å². The summed E-state index contributed by atoms with van der Waals surface area (Å²) in [6, 6.07) is 9.48. The minimum atomic E-state index is -0.691. The molecule has 0 radical (unpaired) electrons. The number of ether oxygens (including phenoxy) is 2. The highest BCUT2D eigenvalue weighted by molar-refractivity contribution is 8.01. The quantitative estimate of drug-likeness (QED) is 0.253. The fourth-order valence-corrected chi connectivity index (χ4v) is 8.81. The van der Waals surface area contributed by atoms with Gasteiger partial charge < -0.3 is 19.9 Å². The number of alkyl carbamates (subject to hydrolysis) is 1. The van der Waals surface area contributed by atoms with E-state index in [-0.39, 0.29) is 47.3 Å². The molecule has 8 heteroatoms. The largest absolute Gasteiger partial charge is 0.461 e. The van der Waals surface area contributed by atoms with E-state index in [1.54, 1.807) is 0 Å². The van der Waals surface area contributed by atoms with Gasteiger partial charge in [-0.1, -0.05) is 64.1 Å². The molecule has 0 saturated heterocycles. The van der Waals surface area contributed by atoms with Crippen LogP contribution in [0.25, 0.3) is 0 Å². The van der Waals surface area contributed by atoms with Crippen LogP contribution in [0, 0.1) is 34.0 Å². The Bertz CT molecular complexity index is 1170. The molecule has 3 saturated carbocycles. The van der Waals surface area contributed by atoms with Crippen molar-refractivity contribution in [2.75, 3.05) is 12.3 Å². The molecule has 232 valence electrons. The van der Waals surface area contributed by atoms with Crippen LogP contribution < -0.4 is 5.32 Å². The monoisotopic (exact) mass is 599 g/mol. The summed E-state index contributed by atoms with van der Waals surface area (Å²) in [5, 5.41) is 14.5. The number of esters is 1. The summed E-state index contributed by atoms with van der Waals surface area (Å²) < 4.78 is 11.2. The van der Waals surface area contributed by atoms with Crippen molar-refractivity contribution in [1.82, 2.24) is 5.32 Å². The van der Waals surface area contributed by atoms with Gasteiger partial charge in [0.25, 0.3) is 0 Å². The minimum absolute atomic E-state index is 0.0661. The first-order valence-electron chi connectivity index (χ1n) is 15.3. The smallest absolute Gasteiger partial charge is 0.407 e. The van der Waals surface area contributed by atoms with E-state index in [1.807, 2.05) is 57.2 Å². The Hall–Kier alpha value is -2.32. The van der Waals surface area contributed by atoms with Gasteiger partial charge in [0.15, 0.2) is 0 Å². The van der Waals surface area contributed by atoms with Gasteiger partial charge in [0.05, 0.1) is 11.9 Å². The molecular formula is C34H49NO6S. The van der Waals surface area contributed by atoms with Crippen LogP contribution in [0.1, 0.15) is 79.2 Å². The number of aliphatic hydroxyl groups is 1. The molecule has 4 rings (SSSR count). The van der Waals surface area contributed by atoms with Crippen molar-refractivity contribution < 1.29 is 29.0 Å². The summed E-state index contributed by atoms with van der Waals surface area (Å²) >= 11 is 1.41. The second-order valence-corrected chi connectivity index (χ2v) is 15.7. The van der Waals surface area contributed by atoms with Gasteiger partial charge in [-0.15, -0.1) is 18.3 Å². The van der Waals surface area contributed by atoms with E-state index in [4.69, 9.17) is 9.47 Å². The third kappa shape index (κ3) is 6.17. The number of rotatable bonds is 9. The molecule has 1 aromatic rings. The molecule has 0 spiro atoms. The lowest BCUT2D eigenvalue weighted by atomic mass is 9.44. The van der Waals surface area contributed by atoms with Crippen molar-refractivity contribution in [3.63, 3.8) is 0 Å². The molecule has 1 aromatic carbocycles. The molecule has 3 fully saturated rings. The third-order valence-corrected chi connectivity index (χ3v) is 12.3. The van der Waals surface area contributed by atoms with Crippen LogP contribution in [0.4, 0.5) is 4.79 Å². The van der Waals surface area contributed by atoms with Gasteiger partial charge in [-0.05, 0) is 62.3 Å². The molecule has 1 amide bonds. The summed E-state index contributed by atoms with van der Waals surface area (Å²) in [6.07, 6.45) is 3.61. The molecule has 42 heavy (non-hydrogen) atoms. The highest BCUT2D eigenvalue weighted by atomic mass is 32.2. The van der Waals surface area contributed by atoms with Gasteiger partial charge in [0.2, 0.25) is 0 Å². The van der Waals surface area contributed by atoms with Crippen molar-refractivity contribution in [2.24, 2.45) is 34.0 Å². The van der Waals surface area contributed by atoms with E-state index < -0.39 is 33.9 Å². The lowest BCUT2D eigenvalue weighted by Crippen LogP contribution is -2.63. The molecule has 2 bridgehead atoms. The SMILES string of the molecule is C=C[C@]1(C)C[C@@H](OC(=O)CSC(C)(C)CNC(=O)OCc2ccccc2)[C@]2(C)[C@H](C)CC[C@]3(CCC(=O)[C@@H]32)[C@@H](C)[C@@H]1O. The standard InChI is InChI=1S/C34H49NO6S/c1-8-32(6)18-26(33(7)22(2)14-16-34(23(3)29(32)38)17-15-25(36)28(33)34)41-27(37)20-42-31(4,5)21-35-30(39)40-19-24-12-10-9-11-13-24/h8-13,22-23,26,28-29,38H,1,14-21H2,2-7H3,(H,35,39)/t22-,23+,26-,28-,29+,32-,33+,34+/m1/s1. The molecule has 2 N–H and O–H groups in total. The number of nitrogens with one attached hydrogen (secondary N) is 1. The van der Waals surface area contributed by atoms with Crippen LogP contribution in [0.3, 0.4) is 0 Å². The Labute approximate surface area is 255 Å². The topological polar surface area (TPSA) is 102 Å². The van der Waals surface area contributed by atoms with Gasteiger partial charge in [-0.25, -0.2) is 4.79 Å². The van der Waals surface area contributed by atoms with Crippen molar-refractivity contribution in [2.45, 2.75) is 97.2 Å². The maximum Gasteiger partial charge on any atom is 0.407 e. The minimum Gasteiger partial charge on any atom is -0.461 e. The number of hydrogen-bond acceptors (Lipinski definition) is 7. The first-order chi connectivity index (χ1) is 19.7. The first kappa shape index (κ1) is 32.6. The van der Waals surface area contributed by atoms with Crippen LogP contribution in [-0.4, -0.2) is 52.2 Å². The Kier molecular flexibility index (Phi) is 9.58. The summed E-state index contributed by atoms with van der Waals surface area (Å²) in [6.45, 7) is 16.9. The van der Waals surface area contributed by atoms with Crippen molar-refractivity contribution >= 4 is 29.6 Å². The second kappa shape index (κ2) is 12.4. The van der Waals surface area contributed by atoms with E-state index in [0.717, 1.165) is 24.8 Å². The summed E-state index contributed by atoms with van der Waals surface area (Å²) in [5.74, 6) is -0.143. The highest BCUT2D eigenvalue weighted by Crippen LogP contribution is 2.68. The third-order valence-electron chi connectivity index (χ3n) is 11.0. The van der Waals surface area contributed by atoms with Gasteiger partial charge in [0, 0.05) is 34.5 Å². The van der Waals surface area contributed by atoms with E-state index >= 15 is 0 Å². The molecule has 3 aliphatic carbocycles. The van der Waals surface area contributed by atoms with Gasteiger partial charge in [-0.3, -0.25) is 9.59 Å². The van der Waals surface area contributed by atoms with Crippen LogP contribution in [-0.2, 0) is 25.7 Å².